The molecule has 2 aromatic rings. The molecule has 0 N–H and O–H groups in total. The van der Waals surface area contributed by atoms with Crippen molar-refractivity contribution in [3.8, 4) is 0 Å². The number of halogens is 1. The van der Waals surface area contributed by atoms with Crippen LogP contribution in [0.5, 0.6) is 0 Å². The molecule has 3 rings (SSSR count). The van der Waals surface area contributed by atoms with Crippen molar-refractivity contribution >= 4 is 25.8 Å². The second-order valence-corrected chi connectivity index (χ2v) is 8.16. The van der Waals surface area contributed by atoms with E-state index >= 15 is 0 Å². The van der Waals surface area contributed by atoms with E-state index in [1.54, 1.807) is 12.1 Å². The number of benzene rings is 2. The molecule has 1 atom stereocenters. The highest BCUT2D eigenvalue weighted by atomic mass is 79.9. The van der Waals surface area contributed by atoms with Gasteiger partial charge in [0, 0.05) is 6.26 Å². The maximum absolute atomic E-state index is 11.5. The third-order valence-electron chi connectivity index (χ3n) is 3.64. The van der Waals surface area contributed by atoms with Crippen LogP contribution in [-0.2, 0) is 27.8 Å². The number of hydrogen-bond donors (Lipinski definition) is 0. The number of sulfone groups is 1. The molecule has 1 aliphatic heterocycles. The molecule has 0 aliphatic carbocycles. The Balaban J connectivity index is 1.90. The van der Waals surface area contributed by atoms with Gasteiger partial charge in [-0.05, 0) is 34.4 Å². The first-order valence-electron chi connectivity index (χ1n) is 6.59. The standard InChI is InChI=1S/C16H15BrO3S/c1-21(18,19)15-6-4-11(5-7-15)16(17)12-2-3-13-9-20-10-14(13)8-12/h2-8,16H,9-10H2,1H3. The highest BCUT2D eigenvalue weighted by molar-refractivity contribution is 9.09. The summed E-state index contributed by atoms with van der Waals surface area (Å²) in [6.07, 6.45) is 1.22. The molecule has 0 fully saturated rings. The molecule has 0 saturated heterocycles. The molecule has 0 spiro atoms. The molecule has 2 aromatic carbocycles. The van der Waals surface area contributed by atoms with Crippen LogP contribution in [0.2, 0.25) is 0 Å². The normalized spacial score (nSPS) is 15.7. The van der Waals surface area contributed by atoms with E-state index in [9.17, 15) is 8.42 Å². The van der Waals surface area contributed by atoms with E-state index in [2.05, 4.69) is 34.1 Å². The molecule has 1 aliphatic rings. The lowest BCUT2D eigenvalue weighted by Gasteiger charge is -2.12. The SMILES string of the molecule is CS(=O)(=O)c1ccc(C(Br)c2ccc3c(c2)COC3)cc1. The van der Waals surface area contributed by atoms with E-state index in [4.69, 9.17) is 4.74 Å². The Hall–Kier alpha value is -1.17. The molecule has 1 unspecified atom stereocenters. The van der Waals surface area contributed by atoms with Crippen LogP contribution in [0.1, 0.15) is 27.1 Å². The highest BCUT2D eigenvalue weighted by Gasteiger charge is 2.16. The largest absolute Gasteiger partial charge is 0.372 e. The van der Waals surface area contributed by atoms with Crippen LogP contribution in [0.4, 0.5) is 0 Å². The molecule has 0 bridgehead atoms. The van der Waals surface area contributed by atoms with Crippen molar-refractivity contribution in [1.29, 1.82) is 0 Å². The summed E-state index contributed by atoms with van der Waals surface area (Å²) in [5.74, 6) is 0. The molecule has 1 heterocycles. The lowest BCUT2D eigenvalue weighted by atomic mass is 10.0. The summed E-state index contributed by atoms with van der Waals surface area (Å²) >= 11 is 3.69. The first-order chi connectivity index (χ1) is 9.95. The van der Waals surface area contributed by atoms with Crippen LogP contribution < -0.4 is 0 Å². The van der Waals surface area contributed by atoms with Crippen LogP contribution >= 0.6 is 15.9 Å². The molecule has 110 valence electrons. The van der Waals surface area contributed by atoms with Gasteiger partial charge >= 0.3 is 0 Å². The van der Waals surface area contributed by atoms with Crippen molar-refractivity contribution in [1.82, 2.24) is 0 Å². The number of rotatable bonds is 3. The Morgan fingerprint density at radius 1 is 1.00 bits per heavy atom. The zero-order chi connectivity index (χ0) is 15.0. The zero-order valence-electron chi connectivity index (χ0n) is 11.5. The van der Waals surface area contributed by atoms with Crippen molar-refractivity contribution in [3.63, 3.8) is 0 Å². The van der Waals surface area contributed by atoms with Gasteiger partial charge in [0.2, 0.25) is 0 Å². The predicted octanol–water partition coefficient (Wildman–Crippen LogP) is 3.60. The fourth-order valence-corrected chi connectivity index (χ4v) is 3.65. The first kappa shape index (κ1) is 14.8. The Morgan fingerprint density at radius 2 is 1.62 bits per heavy atom. The van der Waals surface area contributed by atoms with Gasteiger partial charge in [-0.3, -0.25) is 0 Å². The topological polar surface area (TPSA) is 43.4 Å². The van der Waals surface area contributed by atoms with Gasteiger partial charge in [-0.1, -0.05) is 46.3 Å². The third-order valence-corrected chi connectivity index (χ3v) is 5.82. The summed E-state index contributed by atoms with van der Waals surface area (Å²) < 4.78 is 28.4. The monoisotopic (exact) mass is 366 g/mol. The summed E-state index contributed by atoms with van der Waals surface area (Å²) in [7, 11) is -3.15. The predicted molar refractivity (Wildman–Crippen MR) is 85.3 cm³/mol. The summed E-state index contributed by atoms with van der Waals surface area (Å²) in [6.45, 7) is 1.35. The molecule has 0 radical (unpaired) electrons. The minimum absolute atomic E-state index is 0.0389. The fourth-order valence-electron chi connectivity index (χ4n) is 2.43. The maximum atomic E-state index is 11.5. The van der Waals surface area contributed by atoms with Crippen LogP contribution in [0.3, 0.4) is 0 Å². The van der Waals surface area contributed by atoms with E-state index in [1.165, 1.54) is 17.4 Å². The Morgan fingerprint density at radius 3 is 2.29 bits per heavy atom. The van der Waals surface area contributed by atoms with Crippen LogP contribution in [0, 0.1) is 0 Å². The average Bonchev–Trinajstić information content (AvgIpc) is 2.93. The highest BCUT2D eigenvalue weighted by Crippen LogP contribution is 2.33. The molecule has 0 saturated carbocycles. The summed E-state index contributed by atoms with van der Waals surface area (Å²) in [5.41, 5.74) is 4.64. The van der Waals surface area contributed by atoms with Gasteiger partial charge in [-0.15, -0.1) is 0 Å². The van der Waals surface area contributed by atoms with Gasteiger partial charge < -0.3 is 4.74 Å². The number of ether oxygens (including phenoxy) is 1. The smallest absolute Gasteiger partial charge is 0.175 e. The fraction of sp³-hybridized carbons (Fsp3) is 0.250. The van der Waals surface area contributed by atoms with Crippen LogP contribution in [-0.4, -0.2) is 14.7 Å². The number of hydrogen-bond acceptors (Lipinski definition) is 3. The molecule has 5 heteroatoms. The van der Waals surface area contributed by atoms with Gasteiger partial charge in [-0.2, -0.15) is 0 Å². The quantitative estimate of drug-likeness (QED) is 0.779. The van der Waals surface area contributed by atoms with E-state index in [0.717, 1.165) is 11.1 Å². The average molecular weight is 367 g/mol. The summed E-state index contributed by atoms with van der Waals surface area (Å²) in [4.78, 5) is 0.380. The van der Waals surface area contributed by atoms with Crippen LogP contribution in [0.15, 0.2) is 47.4 Å². The van der Waals surface area contributed by atoms with E-state index in [-0.39, 0.29) is 4.83 Å². The molecule has 21 heavy (non-hydrogen) atoms. The minimum Gasteiger partial charge on any atom is -0.372 e. The Bertz CT molecular complexity index is 767. The van der Waals surface area contributed by atoms with Crippen molar-refractivity contribution in [2.24, 2.45) is 0 Å². The maximum Gasteiger partial charge on any atom is 0.175 e. The second-order valence-electron chi connectivity index (χ2n) is 5.22. The van der Waals surface area contributed by atoms with Crippen LogP contribution in [0.25, 0.3) is 0 Å². The minimum atomic E-state index is -3.15. The molecule has 0 amide bonds. The third kappa shape index (κ3) is 3.05. The summed E-state index contributed by atoms with van der Waals surface area (Å²) in [5, 5.41) is 0. The Kier molecular flexibility index (Phi) is 3.90. The molecule has 3 nitrogen and oxygen atoms in total. The van der Waals surface area contributed by atoms with Crippen molar-refractivity contribution in [2.75, 3.05) is 6.26 Å². The molecular formula is C16H15BrO3S. The van der Waals surface area contributed by atoms with Crippen molar-refractivity contribution in [2.45, 2.75) is 22.9 Å². The van der Waals surface area contributed by atoms with Gasteiger partial charge in [0.15, 0.2) is 9.84 Å². The second kappa shape index (κ2) is 5.55. The number of fused-ring (bicyclic) bond motifs is 1. The van der Waals surface area contributed by atoms with Gasteiger partial charge in [0.1, 0.15) is 0 Å². The van der Waals surface area contributed by atoms with Gasteiger partial charge in [0.05, 0.1) is 22.9 Å². The lowest BCUT2D eigenvalue weighted by molar-refractivity contribution is 0.134. The van der Waals surface area contributed by atoms with E-state index in [1.807, 2.05) is 12.1 Å². The van der Waals surface area contributed by atoms with Crippen molar-refractivity contribution in [3.05, 3.63) is 64.7 Å². The van der Waals surface area contributed by atoms with Crippen molar-refractivity contribution < 1.29 is 13.2 Å². The Labute approximate surface area is 133 Å². The van der Waals surface area contributed by atoms with Gasteiger partial charge in [-0.25, -0.2) is 8.42 Å². The van der Waals surface area contributed by atoms with E-state index in [0.29, 0.717) is 18.1 Å². The summed E-state index contributed by atoms with van der Waals surface area (Å²) in [6, 6.07) is 13.3. The van der Waals surface area contributed by atoms with Gasteiger partial charge in [0.25, 0.3) is 0 Å². The zero-order valence-corrected chi connectivity index (χ0v) is 13.9. The number of alkyl halides is 1. The molecular weight excluding hydrogens is 352 g/mol. The first-order valence-corrected chi connectivity index (χ1v) is 9.39. The van der Waals surface area contributed by atoms with E-state index < -0.39 is 9.84 Å². The molecule has 0 aromatic heterocycles. The lowest BCUT2D eigenvalue weighted by Crippen LogP contribution is -1.99.